The summed E-state index contributed by atoms with van der Waals surface area (Å²) in [7, 11) is 0. The van der Waals surface area contributed by atoms with E-state index in [1.807, 2.05) is 43.1 Å². The molecule has 5 heterocycles. The lowest BCUT2D eigenvalue weighted by Crippen LogP contribution is -2.44. The summed E-state index contributed by atoms with van der Waals surface area (Å²) in [5, 5.41) is 7.67. The third-order valence-electron chi connectivity index (χ3n) is 5.46. The zero-order chi connectivity index (χ0) is 20.0. The van der Waals surface area contributed by atoms with Crippen molar-refractivity contribution in [3.05, 3.63) is 63.5 Å². The van der Waals surface area contributed by atoms with E-state index in [0.29, 0.717) is 24.6 Å². The Hall–Kier alpha value is -2.65. The highest BCUT2D eigenvalue weighted by molar-refractivity contribution is 7.98. The van der Waals surface area contributed by atoms with Crippen molar-refractivity contribution in [1.82, 2.24) is 24.5 Å². The van der Waals surface area contributed by atoms with Gasteiger partial charge in [-0.05, 0) is 30.4 Å². The van der Waals surface area contributed by atoms with Gasteiger partial charge in [0.15, 0.2) is 0 Å². The van der Waals surface area contributed by atoms with E-state index in [1.54, 1.807) is 10.5 Å². The van der Waals surface area contributed by atoms with Crippen LogP contribution in [0.4, 0.5) is 0 Å². The van der Waals surface area contributed by atoms with E-state index in [2.05, 4.69) is 15.4 Å². The number of thioether (sulfide) groups is 1. The summed E-state index contributed by atoms with van der Waals surface area (Å²) in [5.41, 5.74) is 3.72. The number of nitrogens with zero attached hydrogens (tertiary/aromatic N) is 4. The molecule has 0 saturated carbocycles. The highest BCUT2D eigenvalue weighted by atomic mass is 32.2. The number of nitrogens with one attached hydrogen (secondary N) is 1. The third-order valence-corrected chi connectivity index (χ3v) is 6.47. The van der Waals surface area contributed by atoms with Gasteiger partial charge >= 0.3 is 0 Å². The highest BCUT2D eigenvalue weighted by Crippen LogP contribution is 2.24. The van der Waals surface area contributed by atoms with Gasteiger partial charge in [0.25, 0.3) is 11.5 Å². The van der Waals surface area contributed by atoms with E-state index in [0.717, 1.165) is 34.8 Å². The first-order valence-electron chi connectivity index (χ1n) is 9.63. The number of carbonyl (C=O) groups excluding carboxylic acids is 1. The van der Waals surface area contributed by atoms with Crippen LogP contribution in [0.1, 0.15) is 33.5 Å². The van der Waals surface area contributed by atoms with E-state index in [-0.39, 0.29) is 23.6 Å². The van der Waals surface area contributed by atoms with Crippen LogP contribution in [0, 0.1) is 6.92 Å². The Morgan fingerprint density at radius 2 is 2.24 bits per heavy atom. The first kappa shape index (κ1) is 18.4. The van der Waals surface area contributed by atoms with Crippen LogP contribution in [0.25, 0.3) is 5.65 Å². The van der Waals surface area contributed by atoms with Crippen molar-refractivity contribution in [1.29, 1.82) is 0 Å². The molecule has 2 aliphatic rings. The molecule has 29 heavy (non-hydrogen) atoms. The molecule has 0 radical (unpaired) electrons. The summed E-state index contributed by atoms with van der Waals surface area (Å²) in [5.74, 6) is 1.60. The van der Waals surface area contributed by atoms with Crippen molar-refractivity contribution in [3.63, 3.8) is 0 Å². The van der Waals surface area contributed by atoms with Crippen LogP contribution in [-0.4, -0.2) is 50.1 Å². The zero-order valence-electron chi connectivity index (χ0n) is 16.0. The minimum Gasteiger partial charge on any atom is -0.377 e. The summed E-state index contributed by atoms with van der Waals surface area (Å²) < 4.78 is 8.89. The molecule has 2 unspecified atom stereocenters. The second-order valence-corrected chi connectivity index (χ2v) is 8.47. The van der Waals surface area contributed by atoms with Crippen molar-refractivity contribution < 1.29 is 9.53 Å². The first-order chi connectivity index (χ1) is 14.1. The molecule has 0 aromatic carbocycles. The quantitative estimate of drug-likeness (QED) is 0.700. The molecule has 1 saturated heterocycles. The Kier molecular flexibility index (Phi) is 4.63. The molecule has 1 amide bonds. The van der Waals surface area contributed by atoms with Crippen LogP contribution in [0.2, 0.25) is 0 Å². The van der Waals surface area contributed by atoms with Crippen LogP contribution in [0.5, 0.6) is 0 Å². The summed E-state index contributed by atoms with van der Waals surface area (Å²) in [6.45, 7) is 2.50. The Bertz CT molecular complexity index is 1150. The Morgan fingerprint density at radius 3 is 3.14 bits per heavy atom. The number of ether oxygens (including phenoxy) is 1. The molecule has 1 fully saturated rings. The molecule has 8 nitrogen and oxygen atoms in total. The van der Waals surface area contributed by atoms with Gasteiger partial charge in [-0.15, -0.1) is 0 Å². The number of hydrogen-bond acceptors (Lipinski definition) is 6. The summed E-state index contributed by atoms with van der Waals surface area (Å²) in [6, 6.07) is 6.63. The van der Waals surface area contributed by atoms with Crippen LogP contribution >= 0.6 is 11.8 Å². The fraction of sp³-hybridized carbons (Fsp3) is 0.400. The summed E-state index contributed by atoms with van der Waals surface area (Å²) >= 11 is 1.82. The van der Waals surface area contributed by atoms with Gasteiger partial charge in [-0.25, -0.2) is 9.67 Å². The average Bonchev–Trinajstić information content (AvgIpc) is 3.30. The number of aromatic nitrogens is 4. The summed E-state index contributed by atoms with van der Waals surface area (Å²) in [4.78, 5) is 30.2. The third kappa shape index (κ3) is 3.24. The normalized spacial score (nSPS) is 21.3. The number of hydrogen-bond donors (Lipinski definition) is 1. The van der Waals surface area contributed by atoms with Gasteiger partial charge in [0.2, 0.25) is 0 Å². The molecule has 5 rings (SSSR count). The summed E-state index contributed by atoms with van der Waals surface area (Å²) in [6.07, 6.45) is 2.67. The van der Waals surface area contributed by atoms with Crippen LogP contribution < -0.4 is 10.9 Å². The topological polar surface area (TPSA) is 90.5 Å². The zero-order valence-corrected chi connectivity index (χ0v) is 16.8. The lowest BCUT2D eigenvalue weighted by Gasteiger charge is -2.22. The minimum absolute atomic E-state index is 0.146. The van der Waals surface area contributed by atoms with E-state index in [1.165, 1.54) is 4.68 Å². The predicted octanol–water partition coefficient (Wildman–Crippen LogP) is 1.36. The molecule has 2 atom stereocenters. The van der Waals surface area contributed by atoms with Gasteiger partial charge in [0.05, 0.1) is 30.6 Å². The molecular weight excluding hydrogens is 390 g/mol. The van der Waals surface area contributed by atoms with Crippen molar-refractivity contribution in [3.8, 4) is 0 Å². The molecule has 0 spiro atoms. The van der Waals surface area contributed by atoms with Gasteiger partial charge in [0, 0.05) is 24.4 Å². The Balaban J connectivity index is 1.44. The monoisotopic (exact) mass is 411 g/mol. The smallest absolute Gasteiger partial charge is 0.270 e. The lowest BCUT2D eigenvalue weighted by atomic mass is 10.1. The molecule has 9 heteroatoms. The maximum atomic E-state index is 13.1. The molecule has 2 aliphatic heterocycles. The van der Waals surface area contributed by atoms with Crippen LogP contribution in [-0.2, 0) is 16.9 Å². The van der Waals surface area contributed by atoms with Crippen molar-refractivity contribution in [2.75, 3.05) is 19.0 Å². The first-order valence-corrected chi connectivity index (χ1v) is 10.8. The van der Waals surface area contributed by atoms with Crippen molar-refractivity contribution in [2.24, 2.45) is 0 Å². The largest absolute Gasteiger partial charge is 0.377 e. The number of amides is 1. The molecule has 3 aromatic heterocycles. The van der Waals surface area contributed by atoms with Crippen molar-refractivity contribution >= 4 is 23.3 Å². The lowest BCUT2D eigenvalue weighted by molar-refractivity contribution is 0.0918. The van der Waals surface area contributed by atoms with Gasteiger partial charge in [-0.2, -0.15) is 16.9 Å². The second kappa shape index (κ2) is 7.31. The Labute approximate surface area is 171 Å². The number of carbonyl (C=O) groups is 1. The average molecular weight is 411 g/mol. The maximum Gasteiger partial charge on any atom is 0.270 e. The minimum atomic E-state index is -0.336. The van der Waals surface area contributed by atoms with Crippen molar-refractivity contribution in [2.45, 2.75) is 31.2 Å². The maximum absolute atomic E-state index is 13.1. The molecular formula is C20H21N5O3S. The highest BCUT2D eigenvalue weighted by Gasteiger charge is 2.34. The fourth-order valence-corrected chi connectivity index (χ4v) is 4.96. The second-order valence-electron chi connectivity index (χ2n) is 7.36. The van der Waals surface area contributed by atoms with Crippen LogP contribution in [0.3, 0.4) is 0 Å². The number of fused-ring (bicyclic) bond motifs is 2. The van der Waals surface area contributed by atoms with Crippen LogP contribution in [0.15, 0.2) is 35.3 Å². The Morgan fingerprint density at radius 1 is 1.34 bits per heavy atom. The number of pyridine rings is 1. The van der Waals surface area contributed by atoms with E-state index in [9.17, 15) is 9.59 Å². The van der Waals surface area contributed by atoms with E-state index < -0.39 is 0 Å². The molecule has 0 bridgehead atoms. The van der Waals surface area contributed by atoms with E-state index in [4.69, 9.17) is 4.74 Å². The van der Waals surface area contributed by atoms with E-state index >= 15 is 0 Å². The van der Waals surface area contributed by atoms with Gasteiger partial charge < -0.3 is 10.1 Å². The molecule has 3 aromatic rings. The van der Waals surface area contributed by atoms with Gasteiger partial charge in [-0.3, -0.25) is 14.0 Å². The molecule has 0 aliphatic carbocycles. The number of aryl methyl sites for hydroxylation is 2. The van der Waals surface area contributed by atoms with Gasteiger partial charge in [0.1, 0.15) is 17.4 Å². The predicted molar refractivity (Wildman–Crippen MR) is 109 cm³/mol. The standard InChI is InChI=1S/C20H21N5O3S/c1-12-19(24-6-3-2-4-17(24)21-12)20(27)22-15-9-28-10-16(15)25-18(26)8-13-11-29-7-5-14(13)23-25/h2-4,6,8,15-16H,5,7,9-11H2,1H3,(H,22,27). The SMILES string of the molecule is Cc1nc2ccccn2c1C(=O)NC1COCC1n1nc2c(cc1=O)CSCC2. The van der Waals surface area contributed by atoms with Gasteiger partial charge in [-0.1, -0.05) is 6.07 Å². The molecule has 1 N–H and O–H groups in total. The fourth-order valence-electron chi connectivity index (χ4n) is 4.01. The number of rotatable bonds is 3. The number of imidazole rings is 1. The molecule has 150 valence electrons.